The van der Waals surface area contributed by atoms with Gasteiger partial charge in [-0.25, -0.2) is 0 Å². The highest BCUT2D eigenvalue weighted by molar-refractivity contribution is 6.09. The Morgan fingerprint density at radius 2 is 1.73 bits per heavy atom. The van der Waals surface area contributed by atoms with Crippen molar-refractivity contribution in [1.82, 2.24) is 0 Å². The van der Waals surface area contributed by atoms with Crippen LogP contribution in [0.1, 0.15) is 44.7 Å². The number of amides is 1. The summed E-state index contributed by atoms with van der Waals surface area (Å²) in [7, 11) is 0. The number of hydrogen-bond donors (Lipinski definition) is 0. The van der Waals surface area contributed by atoms with Gasteiger partial charge in [0.2, 0.25) is 5.91 Å². The smallest absolute Gasteiger partial charge is 0.241 e. The van der Waals surface area contributed by atoms with Gasteiger partial charge in [-0.3, -0.25) is 4.79 Å². The Labute approximate surface area is 156 Å². The Bertz CT molecular complexity index is 846. The molecule has 1 amide bonds. The predicted molar refractivity (Wildman–Crippen MR) is 107 cm³/mol. The Hall–Kier alpha value is -2.35. The number of para-hydroxylation sites is 1. The van der Waals surface area contributed by atoms with E-state index < -0.39 is 5.41 Å². The Morgan fingerprint density at radius 3 is 2.38 bits per heavy atom. The minimum absolute atomic E-state index is 0.228. The molecule has 1 spiro atoms. The van der Waals surface area contributed by atoms with Crippen molar-refractivity contribution in [1.29, 1.82) is 0 Å². The van der Waals surface area contributed by atoms with Gasteiger partial charge in [0.1, 0.15) is 0 Å². The molecule has 1 aliphatic heterocycles. The number of allylic oxidation sites excluding steroid dienone is 1. The first-order valence-electron chi connectivity index (χ1n) is 9.56. The maximum atomic E-state index is 13.6. The summed E-state index contributed by atoms with van der Waals surface area (Å²) >= 11 is 0. The van der Waals surface area contributed by atoms with E-state index in [9.17, 15) is 4.79 Å². The molecule has 0 aromatic heterocycles. The van der Waals surface area contributed by atoms with Crippen molar-refractivity contribution in [3.63, 3.8) is 0 Å². The number of carbonyl (C=O) groups excluding carboxylic acids is 1. The fourth-order valence-electron chi connectivity index (χ4n) is 4.44. The van der Waals surface area contributed by atoms with Crippen molar-refractivity contribution in [3.8, 4) is 0 Å². The van der Waals surface area contributed by atoms with E-state index in [-0.39, 0.29) is 11.3 Å². The van der Waals surface area contributed by atoms with Crippen molar-refractivity contribution in [3.05, 3.63) is 77.9 Å². The van der Waals surface area contributed by atoms with E-state index in [2.05, 4.69) is 63.3 Å². The van der Waals surface area contributed by atoms with Crippen LogP contribution in [0, 0.1) is 11.3 Å². The van der Waals surface area contributed by atoms with Gasteiger partial charge < -0.3 is 4.90 Å². The van der Waals surface area contributed by atoms with E-state index in [1.165, 1.54) is 11.1 Å². The zero-order valence-electron chi connectivity index (χ0n) is 15.9. The third-order valence-electron chi connectivity index (χ3n) is 6.06. The molecule has 0 fully saturated rings. The SMILES string of the molecule is CC(C)(C)[C@@H]1C=C[C@@]2(CC1)C(=O)N(Cc1ccccc1)c1ccccc12. The topological polar surface area (TPSA) is 20.3 Å². The average molecular weight is 345 g/mol. The lowest BCUT2D eigenvalue weighted by atomic mass is 9.66. The minimum atomic E-state index is -0.479. The summed E-state index contributed by atoms with van der Waals surface area (Å²) in [6, 6.07) is 18.6. The molecular formula is C24H27NO. The summed E-state index contributed by atoms with van der Waals surface area (Å²) in [4.78, 5) is 15.6. The van der Waals surface area contributed by atoms with Gasteiger partial charge in [0.15, 0.2) is 0 Å². The second-order valence-corrected chi connectivity index (χ2v) is 8.74. The van der Waals surface area contributed by atoms with Gasteiger partial charge in [-0.2, -0.15) is 0 Å². The van der Waals surface area contributed by atoms with Crippen LogP contribution >= 0.6 is 0 Å². The molecule has 26 heavy (non-hydrogen) atoms. The number of carbonyl (C=O) groups is 1. The van der Waals surface area contributed by atoms with Gasteiger partial charge in [0.05, 0.1) is 12.0 Å². The highest BCUT2D eigenvalue weighted by Gasteiger charge is 2.50. The van der Waals surface area contributed by atoms with Crippen LogP contribution in [0.2, 0.25) is 0 Å². The van der Waals surface area contributed by atoms with Crippen molar-refractivity contribution in [2.45, 2.75) is 45.6 Å². The molecule has 2 heteroatoms. The molecule has 1 heterocycles. The lowest BCUT2D eigenvalue weighted by molar-refractivity contribution is -0.122. The monoisotopic (exact) mass is 345 g/mol. The first-order valence-corrected chi connectivity index (χ1v) is 9.56. The summed E-state index contributed by atoms with van der Waals surface area (Å²) < 4.78 is 0. The van der Waals surface area contributed by atoms with E-state index in [0.29, 0.717) is 12.5 Å². The molecule has 2 aromatic rings. The van der Waals surface area contributed by atoms with E-state index in [1.807, 2.05) is 29.2 Å². The van der Waals surface area contributed by atoms with Gasteiger partial charge in [0.25, 0.3) is 0 Å². The third-order valence-corrected chi connectivity index (χ3v) is 6.06. The van der Waals surface area contributed by atoms with Gasteiger partial charge in [0, 0.05) is 5.69 Å². The normalized spacial score (nSPS) is 25.0. The summed E-state index contributed by atoms with van der Waals surface area (Å²) in [6.45, 7) is 7.49. The molecule has 0 unspecified atom stereocenters. The summed E-state index contributed by atoms with van der Waals surface area (Å²) in [5, 5.41) is 0. The zero-order chi connectivity index (χ0) is 18.4. The lowest BCUT2D eigenvalue weighted by Gasteiger charge is -2.37. The lowest BCUT2D eigenvalue weighted by Crippen LogP contribution is -2.41. The number of benzene rings is 2. The maximum absolute atomic E-state index is 13.6. The van der Waals surface area contributed by atoms with Crippen molar-refractivity contribution in [2.24, 2.45) is 11.3 Å². The number of hydrogen-bond acceptors (Lipinski definition) is 1. The first kappa shape index (κ1) is 17.1. The Balaban J connectivity index is 1.73. The Kier molecular flexibility index (Phi) is 4.02. The minimum Gasteiger partial charge on any atom is -0.307 e. The van der Waals surface area contributed by atoms with Crippen molar-refractivity contribution in [2.75, 3.05) is 4.90 Å². The van der Waals surface area contributed by atoms with Gasteiger partial charge >= 0.3 is 0 Å². The van der Waals surface area contributed by atoms with Crippen LogP contribution < -0.4 is 4.90 Å². The molecule has 0 bridgehead atoms. The summed E-state index contributed by atoms with van der Waals surface area (Å²) in [6.07, 6.45) is 6.45. The predicted octanol–water partition coefficient (Wildman–Crippen LogP) is 5.48. The molecule has 0 saturated heterocycles. The summed E-state index contributed by atoms with van der Waals surface area (Å²) in [5.41, 5.74) is 3.17. The average Bonchev–Trinajstić information content (AvgIpc) is 2.86. The molecular weight excluding hydrogens is 318 g/mol. The molecule has 2 aliphatic rings. The van der Waals surface area contributed by atoms with Crippen LogP contribution in [0.5, 0.6) is 0 Å². The quantitative estimate of drug-likeness (QED) is 0.660. The molecule has 2 aromatic carbocycles. The number of fused-ring (bicyclic) bond motifs is 2. The summed E-state index contributed by atoms with van der Waals surface area (Å²) in [5.74, 6) is 0.752. The van der Waals surface area contributed by atoms with E-state index >= 15 is 0 Å². The molecule has 134 valence electrons. The van der Waals surface area contributed by atoms with Crippen molar-refractivity contribution < 1.29 is 4.79 Å². The van der Waals surface area contributed by atoms with Gasteiger partial charge in [-0.05, 0) is 41.4 Å². The van der Waals surface area contributed by atoms with Crippen LogP contribution in [0.25, 0.3) is 0 Å². The Morgan fingerprint density at radius 1 is 1.04 bits per heavy atom. The van der Waals surface area contributed by atoms with Gasteiger partial charge in [-0.1, -0.05) is 81.5 Å². The third kappa shape index (κ3) is 2.68. The second kappa shape index (κ2) is 6.12. The van der Waals surface area contributed by atoms with Crippen LogP contribution in [-0.4, -0.2) is 5.91 Å². The van der Waals surface area contributed by atoms with E-state index in [4.69, 9.17) is 0 Å². The van der Waals surface area contributed by atoms with E-state index in [1.54, 1.807) is 0 Å². The van der Waals surface area contributed by atoms with Crippen LogP contribution in [0.4, 0.5) is 5.69 Å². The molecule has 4 rings (SSSR count). The second-order valence-electron chi connectivity index (χ2n) is 8.74. The number of anilines is 1. The van der Waals surface area contributed by atoms with Gasteiger partial charge in [-0.15, -0.1) is 0 Å². The van der Waals surface area contributed by atoms with E-state index in [0.717, 1.165) is 18.5 Å². The molecule has 0 N–H and O–H groups in total. The largest absolute Gasteiger partial charge is 0.307 e. The maximum Gasteiger partial charge on any atom is 0.241 e. The number of nitrogens with zero attached hydrogens (tertiary/aromatic N) is 1. The number of rotatable bonds is 2. The standard InChI is InChI=1S/C24H27NO/c1-23(2,3)19-13-15-24(16-14-19)20-11-7-8-12-21(20)25(22(24)26)17-18-9-5-4-6-10-18/h4-13,15,19H,14,16-17H2,1-3H3/t19-,24+/m1/s1. The highest BCUT2D eigenvalue weighted by Crippen LogP contribution is 2.50. The van der Waals surface area contributed by atoms with Crippen LogP contribution in [0.15, 0.2) is 66.7 Å². The zero-order valence-corrected chi connectivity index (χ0v) is 15.9. The first-order chi connectivity index (χ1) is 12.4. The molecule has 0 radical (unpaired) electrons. The molecule has 2 nitrogen and oxygen atoms in total. The van der Waals surface area contributed by atoms with Crippen molar-refractivity contribution >= 4 is 11.6 Å². The molecule has 2 atom stereocenters. The molecule has 1 aliphatic carbocycles. The molecule has 0 saturated carbocycles. The van der Waals surface area contributed by atoms with Crippen LogP contribution in [0.3, 0.4) is 0 Å². The fraction of sp³-hybridized carbons (Fsp3) is 0.375. The van der Waals surface area contributed by atoms with Crippen LogP contribution in [-0.2, 0) is 16.8 Å². The highest BCUT2D eigenvalue weighted by atomic mass is 16.2. The fourth-order valence-corrected chi connectivity index (χ4v) is 4.44.